The Labute approximate surface area is 105 Å². The molecule has 0 fully saturated rings. The molecule has 96 valence electrons. The van der Waals surface area contributed by atoms with Gasteiger partial charge in [-0.25, -0.2) is 0 Å². The lowest BCUT2D eigenvalue weighted by Crippen LogP contribution is -2.36. The van der Waals surface area contributed by atoms with E-state index in [-0.39, 0.29) is 0 Å². The normalized spacial score (nSPS) is 12.9. The lowest BCUT2D eigenvalue weighted by atomic mass is 10.1. The number of rotatable bonds is 8. The fraction of sp³-hybridized carbons (Fsp3) is 0.643. The summed E-state index contributed by atoms with van der Waals surface area (Å²) in [6.07, 6.45) is 6.12. The van der Waals surface area contributed by atoms with E-state index < -0.39 is 0 Å². The van der Waals surface area contributed by atoms with E-state index in [1.54, 1.807) is 0 Å². The molecule has 17 heavy (non-hydrogen) atoms. The van der Waals surface area contributed by atoms with Gasteiger partial charge in [0.05, 0.1) is 12.7 Å². The highest BCUT2D eigenvalue weighted by molar-refractivity contribution is 5.11. The average molecular weight is 236 g/mol. The molecule has 3 heteroatoms. The van der Waals surface area contributed by atoms with Crippen LogP contribution in [-0.2, 0) is 11.2 Å². The molecular formula is C14H24N2O. The Kier molecular flexibility index (Phi) is 6.82. The first-order chi connectivity index (χ1) is 8.22. The molecule has 0 aliphatic carbocycles. The maximum absolute atomic E-state index is 5.70. The number of pyridine rings is 1. The molecule has 1 N–H and O–H groups in total. The van der Waals surface area contributed by atoms with E-state index in [0.717, 1.165) is 26.0 Å². The van der Waals surface area contributed by atoms with E-state index in [2.05, 4.69) is 43.2 Å². The fourth-order valence-electron chi connectivity index (χ4n) is 1.65. The van der Waals surface area contributed by atoms with Gasteiger partial charge in [0, 0.05) is 18.4 Å². The lowest BCUT2D eigenvalue weighted by Gasteiger charge is -2.20. The van der Waals surface area contributed by atoms with Crippen molar-refractivity contribution in [1.82, 2.24) is 10.3 Å². The quantitative estimate of drug-likeness (QED) is 0.752. The monoisotopic (exact) mass is 236 g/mol. The van der Waals surface area contributed by atoms with E-state index in [0.29, 0.717) is 12.1 Å². The van der Waals surface area contributed by atoms with Gasteiger partial charge in [0.1, 0.15) is 0 Å². The molecule has 0 amide bonds. The largest absolute Gasteiger partial charge is 0.377 e. The zero-order chi connectivity index (χ0) is 12.5. The molecule has 0 bridgehead atoms. The molecule has 0 saturated carbocycles. The Bertz CT molecular complexity index is 288. The summed E-state index contributed by atoms with van der Waals surface area (Å²) in [5.74, 6) is 0. The predicted molar refractivity (Wildman–Crippen MR) is 71.1 cm³/mol. The molecule has 1 atom stereocenters. The van der Waals surface area contributed by atoms with Crippen LogP contribution in [0.15, 0.2) is 24.5 Å². The average Bonchev–Trinajstić information content (AvgIpc) is 2.34. The number of ether oxygens (including phenoxy) is 1. The van der Waals surface area contributed by atoms with Crippen LogP contribution in [0, 0.1) is 0 Å². The number of aromatic nitrogens is 1. The van der Waals surface area contributed by atoms with Gasteiger partial charge < -0.3 is 10.1 Å². The van der Waals surface area contributed by atoms with Gasteiger partial charge in [-0.15, -0.1) is 0 Å². The Morgan fingerprint density at radius 3 is 2.59 bits per heavy atom. The molecule has 1 heterocycles. The molecule has 0 radical (unpaired) electrons. The minimum atomic E-state index is 0.290. The van der Waals surface area contributed by atoms with Crippen LogP contribution in [0.1, 0.15) is 32.8 Å². The second-order valence-corrected chi connectivity index (χ2v) is 4.59. The molecule has 0 aliphatic heterocycles. The smallest absolute Gasteiger partial charge is 0.0626 e. The zero-order valence-corrected chi connectivity index (χ0v) is 11.1. The van der Waals surface area contributed by atoms with Gasteiger partial charge in [-0.1, -0.05) is 6.92 Å². The molecule has 0 saturated heterocycles. The van der Waals surface area contributed by atoms with Gasteiger partial charge in [-0.2, -0.15) is 0 Å². The van der Waals surface area contributed by atoms with Crippen molar-refractivity contribution in [3.05, 3.63) is 30.1 Å². The summed E-state index contributed by atoms with van der Waals surface area (Å²) in [4.78, 5) is 4.04. The van der Waals surface area contributed by atoms with E-state index in [9.17, 15) is 0 Å². The first kappa shape index (κ1) is 14.1. The summed E-state index contributed by atoms with van der Waals surface area (Å²) in [5.41, 5.74) is 1.31. The highest BCUT2D eigenvalue weighted by Gasteiger charge is 2.09. The van der Waals surface area contributed by atoms with Crippen LogP contribution >= 0.6 is 0 Å². The van der Waals surface area contributed by atoms with Gasteiger partial charge in [0.25, 0.3) is 0 Å². The predicted octanol–water partition coefficient (Wildman–Crippen LogP) is 2.42. The zero-order valence-electron chi connectivity index (χ0n) is 11.1. The molecule has 1 unspecified atom stereocenters. The van der Waals surface area contributed by atoms with Crippen molar-refractivity contribution in [2.45, 2.75) is 45.8 Å². The van der Waals surface area contributed by atoms with Gasteiger partial charge in [-0.3, -0.25) is 4.98 Å². The van der Waals surface area contributed by atoms with Crippen molar-refractivity contribution in [3.8, 4) is 0 Å². The van der Waals surface area contributed by atoms with Gasteiger partial charge in [0.15, 0.2) is 0 Å². The number of nitrogens with zero attached hydrogens (tertiary/aromatic N) is 1. The second kappa shape index (κ2) is 8.20. The van der Waals surface area contributed by atoms with E-state index >= 15 is 0 Å². The van der Waals surface area contributed by atoms with Crippen LogP contribution in [0.3, 0.4) is 0 Å². The molecule has 0 spiro atoms. The van der Waals surface area contributed by atoms with E-state index in [1.807, 2.05) is 12.4 Å². The molecule has 1 rings (SSSR count). The minimum Gasteiger partial charge on any atom is -0.377 e. The van der Waals surface area contributed by atoms with Crippen molar-refractivity contribution < 1.29 is 4.74 Å². The summed E-state index contributed by atoms with van der Waals surface area (Å²) in [6, 6.07) is 4.52. The second-order valence-electron chi connectivity index (χ2n) is 4.59. The summed E-state index contributed by atoms with van der Waals surface area (Å²) in [7, 11) is 0. The van der Waals surface area contributed by atoms with Gasteiger partial charge in [-0.05, 0) is 50.9 Å². The lowest BCUT2D eigenvalue weighted by molar-refractivity contribution is 0.0613. The number of nitrogens with one attached hydrogen (secondary N) is 1. The van der Waals surface area contributed by atoms with Gasteiger partial charge in [0.2, 0.25) is 0 Å². The van der Waals surface area contributed by atoms with Crippen LogP contribution in [0.4, 0.5) is 0 Å². The van der Waals surface area contributed by atoms with Crippen molar-refractivity contribution in [3.63, 3.8) is 0 Å². The Balaban J connectivity index is 2.44. The molecule has 0 aliphatic rings. The SMILES string of the molecule is CCCNC(COC(C)C)Cc1ccncc1. The Morgan fingerprint density at radius 1 is 1.29 bits per heavy atom. The Morgan fingerprint density at radius 2 is 2.00 bits per heavy atom. The first-order valence-corrected chi connectivity index (χ1v) is 6.46. The summed E-state index contributed by atoms with van der Waals surface area (Å²) in [6.45, 7) is 8.13. The third-order valence-electron chi connectivity index (χ3n) is 2.55. The Hall–Kier alpha value is -0.930. The highest BCUT2D eigenvalue weighted by atomic mass is 16.5. The van der Waals surface area contributed by atoms with Crippen molar-refractivity contribution >= 4 is 0 Å². The first-order valence-electron chi connectivity index (χ1n) is 6.46. The number of hydrogen-bond acceptors (Lipinski definition) is 3. The molecule has 1 aromatic rings. The topological polar surface area (TPSA) is 34.1 Å². The van der Waals surface area contributed by atoms with Crippen molar-refractivity contribution in [2.24, 2.45) is 0 Å². The molecule has 1 aromatic heterocycles. The maximum Gasteiger partial charge on any atom is 0.0626 e. The van der Waals surface area contributed by atoms with E-state index in [4.69, 9.17) is 4.74 Å². The van der Waals surface area contributed by atoms with Gasteiger partial charge >= 0.3 is 0 Å². The number of hydrogen-bond donors (Lipinski definition) is 1. The minimum absolute atomic E-state index is 0.290. The van der Waals surface area contributed by atoms with Crippen molar-refractivity contribution in [1.29, 1.82) is 0 Å². The van der Waals surface area contributed by atoms with Crippen LogP contribution in [0.25, 0.3) is 0 Å². The van der Waals surface area contributed by atoms with Crippen LogP contribution in [0.2, 0.25) is 0 Å². The summed E-state index contributed by atoms with van der Waals surface area (Å²) < 4.78 is 5.70. The molecular weight excluding hydrogens is 212 g/mol. The highest BCUT2D eigenvalue weighted by Crippen LogP contribution is 2.03. The van der Waals surface area contributed by atoms with Crippen LogP contribution in [-0.4, -0.2) is 30.3 Å². The van der Waals surface area contributed by atoms with Crippen LogP contribution < -0.4 is 5.32 Å². The molecule has 0 aromatic carbocycles. The molecule has 3 nitrogen and oxygen atoms in total. The summed E-state index contributed by atoms with van der Waals surface area (Å²) in [5, 5.41) is 3.53. The third kappa shape index (κ3) is 6.39. The van der Waals surface area contributed by atoms with E-state index in [1.165, 1.54) is 5.56 Å². The third-order valence-corrected chi connectivity index (χ3v) is 2.55. The maximum atomic E-state index is 5.70. The summed E-state index contributed by atoms with van der Waals surface area (Å²) >= 11 is 0. The standard InChI is InChI=1S/C14H24N2O/c1-4-7-16-14(11-17-12(2)3)10-13-5-8-15-9-6-13/h5-6,8-9,12,14,16H,4,7,10-11H2,1-3H3. The van der Waals surface area contributed by atoms with Crippen LogP contribution in [0.5, 0.6) is 0 Å². The fourth-order valence-corrected chi connectivity index (χ4v) is 1.65. The van der Waals surface area contributed by atoms with Crippen molar-refractivity contribution in [2.75, 3.05) is 13.2 Å².